The normalized spacial score (nSPS) is 38.3. The van der Waals surface area contributed by atoms with Crippen molar-refractivity contribution in [1.82, 2.24) is 0 Å². The number of carbonyl (C=O) groups excluding carboxylic acids is 2. The summed E-state index contributed by atoms with van der Waals surface area (Å²) in [5, 5.41) is 9.34. The maximum absolute atomic E-state index is 12.9. The Kier molecular flexibility index (Phi) is 3.43. The van der Waals surface area contributed by atoms with E-state index >= 15 is 0 Å². The largest absolute Gasteiger partial charge is 0.478 e. The molecule has 2 saturated carbocycles. The van der Waals surface area contributed by atoms with Gasteiger partial charge in [0.1, 0.15) is 0 Å². The average Bonchev–Trinajstić information content (AvgIpc) is 3.12. The molecule has 1 N–H and O–H groups in total. The van der Waals surface area contributed by atoms with Crippen molar-refractivity contribution in [3.63, 3.8) is 0 Å². The molecule has 1 aromatic carbocycles. The number of hydrogen-bond acceptors (Lipinski definition) is 3. The van der Waals surface area contributed by atoms with E-state index in [1.165, 1.54) is 12.1 Å². The summed E-state index contributed by atoms with van der Waals surface area (Å²) < 4.78 is 0. The Morgan fingerprint density at radius 1 is 1.04 bits per heavy atom. The molecule has 5 nitrogen and oxygen atoms in total. The molecule has 6 atom stereocenters. The van der Waals surface area contributed by atoms with Gasteiger partial charge >= 0.3 is 5.97 Å². The molecule has 0 aromatic heterocycles. The van der Waals surface area contributed by atoms with Crippen molar-refractivity contribution in [1.29, 1.82) is 0 Å². The fourth-order valence-corrected chi connectivity index (χ4v) is 6.31. The molecule has 120 valence electrons. The van der Waals surface area contributed by atoms with Gasteiger partial charge in [0.2, 0.25) is 11.8 Å². The van der Waals surface area contributed by atoms with Gasteiger partial charge in [-0.25, -0.2) is 9.69 Å². The number of rotatable bonds is 2. The number of amides is 2. The number of halogens is 2. The van der Waals surface area contributed by atoms with E-state index in [0.29, 0.717) is 0 Å². The van der Waals surface area contributed by atoms with E-state index in [1.807, 2.05) is 0 Å². The molecule has 23 heavy (non-hydrogen) atoms. The lowest BCUT2D eigenvalue weighted by atomic mass is 9.81. The summed E-state index contributed by atoms with van der Waals surface area (Å²) in [4.78, 5) is 38.6. The van der Waals surface area contributed by atoms with Crippen molar-refractivity contribution in [3.8, 4) is 0 Å². The van der Waals surface area contributed by atoms with E-state index in [2.05, 4.69) is 31.9 Å². The maximum atomic E-state index is 12.9. The zero-order valence-corrected chi connectivity index (χ0v) is 15.0. The van der Waals surface area contributed by atoms with E-state index < -0.39 is 5.97 Å². The minimum atomic E-state index is -1.14. The van der Waals surface area contributed by atoms with Crippen LogP contribution < -0.4 is 4.90 Å². The number of aromatic carboxylic acids is 1. The SMILES string of the molecule is O=C(O)c1ccccc1N1C(=O)[C@@H]2[C@@H]3C[C@@H]([C@@H](Br)[C@@H]3Br)[C@@H]2C1=O. The van der Waals surface area contributed by atoms with Crippen molar-refractivity contribution < 1.29 is 19.5 Å². The van der Waals surface area contributed by atoms with E-state index in [4.69, 9.17) is 0 Å². The van der Waals surface area contributed by atoms with Crippen molar-refractivity contribution in [2.75, 3.05) is 4.90 Å². The summed E-state index contributed by atoms with van der Waals surface area (Å²) in [6.45, 7) is 0. The topological polar surface area (TPSA) is 74.7 Å². The molecule has 1 aliphatic heterocycles. The minimum Gasteiger partial charge on any atom is -0.478 e. The quantitative estimate of drug-likeness (QED) is 0.564. The number of hydrogen-bond donors (Lipinski definition) is 1. The Morgan fingerprint density at radius 2 is 1.57 bits per heavy atom. The molecule has 2 amide bonds. The van der Waals surface area contributed by atoms with Crippen LogP contribution >= 0.6 is 31.9 Å². The van der Waals surface area contributed by atoms with Crippen LogP contribution in [0.1, 0.15) is 16.8 Å². The molecule has 2 bridgehead atoms. The van der Waals surface area contributed by atoms with Gasteiger partial charge in [0.15, 0.2) is 0 Å². The Morgan fingerprint density at radius 3 is 2.09 bits per heavy atom. The summed E-state index contributed by atoms with van der Waals surface area (Å²) in [5.74, 6) is -2.10. The number of para-hydroxylation sites is 1. The van der Waals surface area contributed by atoms with E-state index in [0.717, 1.165) is 11.3 Å². The Labute approximate surface area is 149 Å². The molecule has 1 saturated heterocycles. The summed E-state index contributed by atoms with van der Waals surface area (Å²) in [7, 11) is 0. The number of fused-ring (bicyclic) bond motifs is 5. The first kappa shape index (κ1) is 15.3. The number of carboxylic acids is 1. The fourth-order valence-electron chi connectivity index (χ4n) is 4.44. The highest BCUT2D eigenvalue weighted by molar-refractivity contribution is 9.12. The first-order valence-corrected chi connectivity index (χ1v) is 9.25. The first-order chi connectivity index (χ1) is 10.9. The molecule has 1 aromatic rings. The lowest BCUT2D eigenvalue weighted by Gasteiger charge is -2.28. The Hall–Kier alpha value is -1.21. The number of carboxylic acid groups (broad SMARTS) is 1. The van der Waals surface area contributed by atoms with Crippen LogP contribution in [0.25, 0.3) is 0 Å². The standard InChI is InChI=1S/C16H13Br2NO4/c17-12-7-5-8(13(12)18)11-10(7)14(20)19(15(11)21)9-4-2-1-3-6(9)16(22)23/h1-4,7-8,10-13H,5H2,(H,22,23)/t7-,8+,10+,11-,12-,13-/m1/s1. The van der Waals surface area contributed by atoms with E-state index in [1.54, 1.807) is 12.1 Å². The van der Waals surface area contributed by atoms with Gasteiger partial charge in [0, 0.05) is 9.65 Å². The number of carbonyl (C=O) groups is 3. The van der Waals surface area contributed by atoms with Gasteiger partial charge < -0.3 is 5.11 Å². The number of nitrogens with zero attached hydrogens (tertiary/aromatic N) is 1. The highest BCUT2D eigenvalue weighted by Crippen LogP contribution is 2.60. The molecule has 2 aliphatic carbocycles. The summed E-state index contributed by atoms with van der Waals surface area (Å²) >= 11 is 7.27. The molecule has 0 spiro atoms. The molecule has 0 radical (unpaired) electrons. The van der Waals surface area contributed by atoms with Crippen LogP contribution in [0.15, 0.2) is 24.3 Å². The summed E-state index contributed by atoms with van der Waals surface area (Å²) in [6.07, 6.45) is 0.854. The van der Waals surface area contributed by atoms with Crippen molar-refractivity contribution in [3.05, 3.63) is 29.8 Å². The monoisotopic (exact) mass is 441 g/mol. The van der Waals surface area contributed by atoms with Crippen LogP contribution in [0.2, 0.25) is 0 Å². The van der Waals surface area contributed by atoms with Crippen LogP contribution in [0.4, 0.5) is 5.69 Å². The highest BCUT2D eigenvalue weighted by atomic mass is 79.9. The molecule has 3 aliphatic rings. The van der Waals surface area contributed by atoms with Gasteiger partial charge in [0.25, 0.3) is 0 Å². The predicted molar refractivity (Wildman–Crippen MR) is 89.9 cm³/mol. The number of benzene rings is 1. The van der Waals surface area contributed by atoms with Crippen LogP contribution in [0.3, 0.4) is 0 Å². The van der Waals surface area contributed by atoms with Crippen molar-refractivity contribution in [2.45, 2.75) is 16.1 Å². The molecule has 0 unspecified atom stereocenters. The molecule has 4 rings (SSSR count). The van der Waals surface area contributed by atoms with Crippen LogP contribution in [-0.4, -0.2) is 32.5 Å². The molecule has 7 heteroatoms. The molecule has 3 fully saturated rings. The van der Waals surface area contributed by atoms with Crippen molar-refractivity contribution in [2.24, 2.45) is 23.7 Å². The Balaban J connectivity index is 1.78. The Bertz CT molecular complexity index is 705. The van der Waals surface area contributed by atoms with Gasteiger partial charge in [-0.2, -0.15) is 0 Å². The van der Waals surface area contributed by atoms with Gasteiger partial charge in [-0.05, 0) is 30.4 Å². The third-order valence-corrected chi connectivity index (χ3v) is 8.57. The first-order valence-electron chi connectivity index (χ1n) is 7.41. The predicted octanol–water partition coefficient (Wildman–Crippen LogP) is 2.67. The number of imide groups is 1. The van der Waals surface area contributed by atoms with Gasteiger partial charge in [-0.3, -0.25) is 9.59 Å². The molecular formula is C16H13Br2NO4. The third-order valence-electron chi connectivity index (χ3n) is 5.36. The molecule has 1 heterocycles. The minimum absolute atomic E-state index is 0.0210. The van der Waals surface area contributed by atoms with Gasteiger partial charge in [-0.15, -0.1) is 0 Å². The lowest BCUT2D eigenvalue weighted by molar-refractivity contribution is -0.123. The smallest absolute Gasteiger partial charge is 0.337 e. The summed E-state index contributed by atoms with van der Waals surface area (Å²) in [5.41, 5.74) is 0.161. The second-order valence-electron chi connectivity index (χ2n) is 6.34. The lowest BCUT2D eigenvalue weighted by Crippen LogP contribution is -2.37. The zero-order valence-electron chi connectivity index (χ0n) is 11.9. The van der Waals surface area contributed by atoms with Gasteiger partial charge in [-0.1, -0.05) is 44.0 Å². The highest BCUT2D eigenvalue weighted by Gasteiger charge is 2.66. The second-order valence-corrected chi connectivity index (χ2v) is 8.45. The fraction of sp³-hybridized carbons (Fsp3) is 0.438. The zero-order chi connectivity index (χ0) is 16.5. The average molecular weight is 443 g/mol. The summed E-state index contributed by atoms with van der Waals surface area (Å²) in [6, 6.07) is 6.18. The third kappa shape index (κ3) is 1.92. The maximum Gasteiger partial charge on any atom is 0.337 e. The number of anilines is 1. The van der Waals surface area contributed by atoms with Crippen LogP contribution in [0, 0.1) is 23.7 Å². The molecular weight excluding hydrogens is 430 g/mol. The van der Waals surface area contributed by atoms with Crippen LogP contribution in [0.5, 0.6) is 0 Å². The second kappa shape index (κ2) is 5.14. The van der Waals surface area contributed by atoms with Crippen LogP contribution in [-0.2, 0) is 9.59 Å². The van der Waals surface area contributed by atoms with Gasteiger partial charge in [0.05, 0.1) is 23.1 Å². The van der Waals surface area contributed by atoms with E-state index in [9.17, 15) is 19.5 Å². The van der Waals surface area contributed by atoms with Crippen molar-refractivity contribution >= 4 is 55.3 Å². The number of alkyl halides is 2. The van der Waals surface area contributed by atoms with E-state index in [-0.39, 0.29) is 56.4 Å².